The van der Waals surface area contributed by atoms with Crippen LogP contribution in [0.15, 0.2) is 0 Å². The second-order valence-corrected chi connectivity index (χ2v) is 5.40. The molecule has 0 amide bonds. The van der Waals surface area contributed by atoms with Gasteiger partial charge in [-0.1, -0.05) is 6.92 Å². The molecule has 0 spiro atoms. The Morgan fingerprint density at radius 3 is 2.40 bits per heavy atom. The van der Waals surface area contributed by atoms with Gasteiger partial charge in [-0.05, 0) is 40.7 Å². The number of hydrogen-bond acceptors (Lipinski definition) is 5. The molecule has 120 valence electrons. The Bertz CT molecular complexity index is 273. The molecule has 5 heteroatoms. The summed E-state index contributed by atoms with van der Waals surface area (Å²) in [6.45, 7) is 11.4. The number of carbonyl (C=O) groups excluding carboxylic acids is 1. The second kappa shape index (κ2) is 10.1. The minimum absolute atomic E-state index is 0.00706. The molecule has 0 fully saturated rings. The van der Waals surface area contributed by atoms with E-state index in [4.69, 9.17) is 14.2 Å². The van der Waals surface area contributed by atoms with Crippen LogP contribution < -0.4 is 5.32 Å². The fourth-order valence-electron chi connectivity index (χ4n) is 2.21. The summed E-state index contributed by atoms with van der Waals surface area (Å²) in [5.41, 5.74) is -0.710. The molecular weight excluding hydrogens is 258 g/mol. The first-order chi connectivity index (χ1) is 9.39. The third-order valence-electron chi connectivity index (χ3n) is 3.05. The van der Waals surface area contributed by atoms with Gasteiger partial charge < -0.3 is 19.5 Å². The first-order valence-electron chi connectivity index (χ1n) is 7.46. The Kier molecular flexibility index (Phi) is 9.80. The monoisotopic (exact) mass is 289 g/mol. The Labute approximate surface area is 123 Å². The summed E-state index contributed by atoms with van der Waals surface area (Å²) in [4.78, 5) is 12.2. The van der Waals surface area contributed by atoms with Gasteiger partial charge in [-0.2, -0.15) is 0 Å². The molecule has 0 saturated carbocycles. The molecule has 0 bridgehead atoms. The summed E-state index contributed by atoms with van der Waals surface area (Å²) in [6, 6.07) is 0. The van der Waals surface area contributed by atoms with Crippen LogP contribution in [0.2, 0.25) is 0 Å². The third kappa shape index (κ3) is 7.22. The first kappa shape index (κ1) is 19.4. The van der Waals surface area contributed by atoms with Crippen molar-refractivity contribution in [1.29, 1.82) is 0 Å². The topological polar surface area (TPSA) is 56.8 Å². The number of esters is 1. The van der Waals surface area contributed by atoms with Gasteiger partial charge in [-0.25, -0.2) is 0 Å². The quantitative estimate of drug-likeness (QED) is 0.591. The van der Waals surface area contributed by atoms with E-state index in [0.717, 1.165) is 13.0 Å². The van der Waals surface area contributed by atoms with E-state index in [0.29, 0.717) is 19.6 Å². The van der Waals surface area contributed by atoms with Crippen molar-refractivity contribution in [2.75, 3.05) is 26.9 Å². The number of rotatable bonds is 11. The molecule has 0 rings (SSSR count). The van der Waals surface area contributed by atoms with Crippen LogP contribution in [0.4, 0.5) is 0 Å². The van der Waals surface area contributed by atoms with E-state index in [9.17, 15) is 4.79 Å². The first-order valence-corrected chi connectivity index (χ1v) is 7.46. The zero-order valence-electron chi connectivity index (χ0n) is 13.8. The molecule has 0 aliphatic rings. The summed E-state index contributed by atoms with van der Waals surface area (Å²) in [6.07, 6.45) is 1.48. The van der Waals surface area contributed by atoms with Crippen molar-refractivity contribution >= 4 is 5.97 Å². The van der Waals surface area contributed by atoms with Crippen molar-refractivity contribution in [2.45, 2.75) is 65.2 Å². The normalized spacial score (nSPS) is 17.3. The maximum atomic E-state index is 12.2. The van der Waals surface area contributed by atoms with Crippen LogP contribution in [0.25, 0.3) is 0 Å². The largest absolute Gasteiger partial charge is 0.465 e. The zero-order valence-corrected chi connectivity index (χ0v) is 13.8. The van der Waals surface area contributed by atoms with Crippen LogP contribution in [-0.2, 0) is 19.0 Å². The Hall–Kier alpha value is -0.650. The van der Waals surface area contributed by atoms with Gasteiger partial charge >= 0.3 is 5.97 Å². The molecular formula is C15H31NO4. The SMILES string of the molecule is CCCNC(C)(CC(C)OC(C)COC)C(=O)OCC. The van der Waals surface area contributed by atoms with E-state index in [2.05, 4.69) is 12.2 Å². The molecule has 0 saturated heterocycles. The maximum absolute atomic E-state index is 12.2. The van der Waals surface area contributed by atoms with Crippen molar-refractivity contribution in [3.05, 3.63) is 0 Å². The van der Waals surface area contributed by atoms with Gasteiger partial charge in [0.1, 0.15) is 5.54 Å². The highest BCUT2D eigenvalue weighted by atomic mass is 16.5. The smallest absolute Gasteiger partial charge is 0.326 e. The number of ether oxygens (including phenoxy) is 3. The van der Waals surface area contributed by atoms with Crippen molar-refractivity contribution < 1.29 is 19.0 Å². The molecule has 0 aliphatic heterocycles. The number of carbonyl (C=O) groups is 1. The molecule has 0 aromatic heterocycles. The van der Waals surface area contributed by atoms with Gasteiger partial charge in [0, 0.05) is 13.5 Å². The van der Waals surface area contributed by atoms with Crippen LogP contribution in [-0.4, -0.2) is 50.6 Å². The van der Waals surface area contributed by atoms with Crippen LogP contribution in [0.5, 0.6) is 0 Å². The fourth-order valence-corrected chi connectivity index (χ4v) is 2.21. The average Bonchev–Trinajstić information content (AvgIpc) is 2.36. The van der Waals surface area contributed by atoms with Crippen molar-refractivity contribution in [1.82, 2.24) is 5.32 Å². The molecule has 0 aromatic rings. The number of hydrogen-bond donors (Lipinski definition) is 1. The van der Waals surface area contributed by atoms with Crippen molar-refractivity contribution in [3.63, 3.8) is 0 Å². The molecule has 0 heterocycles. The summed E-state index contributed by atoms with van der Waals surface area (Å²) < 4.78 is 16.1. The van der Waals surface area contributed by atoms with E-state index < -0.39 is 5.54 Å². The second-order valence-electron chi connectivity index (χ2n) is 5.40. The fraction of sp³-hybridized carbons (Fsp3) is 0.933. The summed E-state index contributed by atoms with van der Waals surface area (Å²) in [5.74, 6) is -0.219. The van der Waals surface area contributed by atoms with Gasteiger partial charge in [0.2, 0.25) is 0 Å². The molecule has 20 heavy (non-hydrogen) atoms. The third-order valence-corrected chi connectivity index (χ3v) is 3.05. The molecule has 0 aliphatic carbocycles. The molecule has 0 radical (unpaired) electrons. The van der Waals surface area contributed by atoms with Crippen LogP contribution in [0.1, 0.15) is 47.5 Å². The highest BCUT2D eigenvalue weighted by Gasteiger charge is 2.36. The molecule has 3 unspecified atom stereocenters. The van der Waals surface area contributed by atoms with Gasteiger partial charge in [0.05, 0.1) is 25.4 Å². The molecule has 0 aromatic carbocycles. The lowest BCUT2D eigenvalue weighted by Gasteiger charge is -2.32. The van der Waals surface area contributed by atoms with Gasteiger partial charge in [-0.15, -0.1) is 0 Å². The van der Waals surface area contributed by atoms with E-state index in [1.54, 1.807) is 7.11 Å². The maximum Gasteiger partial charge on any atom is 0.326 e. The number of nitrogens with one attached hydrogen (secondary N) is 1. The summed E-state index contributed by atoms with van der Waals surface area (Å²) in [5, 5.41) is 3.28. The molecule has 1 N–H and O–H groups in total. The highest BCUT2D eigenvalue weighted by molar-refractivity contribution is 5.80. The van der Waals surface area contributed by atoms with E-state index in [1.807, 2.05) is 27.7 Å². The van der Waals surface area contributed by atoms with E-state index >= 15 is 0 Å². The van der Waals surface area contributed by atoms with Crippen LogP contribution in [0.3, 0.4) is 0 Å². The van der Waals surface area contributed by atoms with Gasteiger partial charge in [0.15, 0.2) is 0 Å². The lowest BCUT2D eigenvalue weighted by molar-refractivity contribution is -0.153. The Morgan fingerprint density at radius 2 is 1.90 bits per heavy atom. The molecule has 5 nitrogen and oxygen atoms in total. The predicted molar refractivity (Wildman–Crippen MR) is 79.8 cm³/mol. The predicted octanol–water partition coefficient (Wildman–Crippen LogP) is 2.14. The average molecular weight is 289 g/mol. The summed E-state index contributed by atoms with van der Waals surface area (Å²) in [7, 11) is 1.65. The lowest BCUT2D eigenvalue weighted by Crippen LogP contribution is -2.53. The van der Waals surface area contributed by atoms with Crippen molar-refractivity contribution in [3.8, 4) is 0 Å². The van der Waals surface area contributed by atoms with Gasteiger partial charge in [-0.3, -0.25) is 4.79 Å². The van der Waals surface area contributed by atoms with Gasteiger partial charge in [0.25, 0.3) is 0 Å². The minimum Gasteiger partial charge on any atom is -0.465 e. The van der Waals surface area contributed by atoms with E-state index in [1.165, 1.54) is 0 Å². The standard InChI is InChI=1S/C15H31NO4/c1-7-9-16-15(5,14(17)19-8-2)10-12(3)20-13(4)11-18-6/h12-13,16H,7-11H2,1-6H3. The zero-order chi connectivity index (χ0) is 15.6. The van der Waals surface area contributed by atoms with Crippen LogP contribution in [0, 0.1) is 0 Å². The van der Waals surface area contributed by atoms with E-state index in [-0.39, 0.29) is 18.2 Å². The summed E-state index contributed by atoms with van der Waals surface area (Å²) >= 11 is 0. The van der Waals surface area contributed by atoms with Crippen LogP contribution >= 0.6 is 0 Å². The highest BCUT2D eigenvalue weighted by Crippen LogP contribution is 2.18. The minimum atomic E-state index is -0.710. The number of methoxy groups -OCH3 is 1. The lowest BCUT2D eigenvalue weighted by atomic mass is 9.94. The Morgan fingerprint density at radius 1 is 1.25 bits per heavy atom. The van der Waals surface area contributed by atoms with Crippen molar-refractivity contribution in [2.24, 2.45) is 0 Å². The molecule has 3 atom stereocenters. The Balaban J connectivity index is 4.58.